The smallest absolute Gasteiger partial charge is 0.322 e. The second-order valence-corrected chi connectivity index (χ2v) is 9.64. The molecular weight excluding hydrogens is 500 g/mol. The number of thiophene rings is 1. The highest BCUT2D eigenvalue weighted by atomic mass is 32.1. The first-order valence-corrected chi connectivity index (χ1v) is 12.6. The monoisotopic (exact) mass is 531 g/mol. The molecule has 198 valence electrons. The number of ether oxygens (including phenoxy) is 2. The van der Waals surface area contributed by atoms with Crippen LogP contribution in [0.4, 0.5) is 19.3 Å². The van der Waals surface area contributed by atoms with Gasteiger partial charge in [-0.1, -0.05) is 12.1 Å². The highest BCUT2D eigenvalue weighted by Crippen LogP contribution is 2.28. The molecule has 3 aromatic rings. The number of halogens is 2. The molecule has 0 aliphatic heterocycles. The minimum absolute atomic E-state index is 0.159. The Kier molecular flexibility index (Phi) is 9.85. The zero-order valence-corrected chi connectivity index (χ0v) is 22.1. The number of rotatable bonds is 11. The number of amides is 3. The summed E-state index contributed by atoms with van der Waals surface area (Å²) in [4.78, 5) is 30.4. The number of hydrogen-bond donors (Lipinski definition) is 1. The zero-order chi connectivity index (χ0) is 26.9. The van der Waals surface area contributed by atoms with Gasteiger partial charge < -0.3 is 24.6 Å². The van der Waals surface area contributed by atoms with E-state index in [0.717, 1.165) is 22.6 Å². The van der Waals surface area contributed by atoms with Gasteiger partial charge in [-0.3, -0.25) is 4.79 Å². The first-order chi connectivity index (χ1) is 17.7. The van der Waals surface area contributed by atoms with Crippen LogP contribution in [0.3, 0.4) is 0 Å². The summed E-state index contributed by atoms with van der Waals surface area (Å²) in [6, 6.07) is 11.4. The van der Waals surface area contributed by atoms with Gasteiger partial charge in [-0.05, 0) is 61.5 Å². The topological polar surface area (TPSA) is 71.1 Å². The number of nitrogens with zero attached hydrogens (tertiary/aromatic N) is 2. The summed E-state index contributed by atoms with van der Waals surface area (Å²) in [7, 11) is 3.14. The van der Waals surface area contributed by atoms with Crippen molar-refractivity contribution in [3.63, 3.8) is 0 Å². The summed E-state index contributed by atoms with van der Waals surface area (Å²) in [6.45, 7) is 4.13. The third kappa shape index (κ3) is 7.66. The second kappa shape index (κ2) is 13.0. The largest absolute Gasteiger partial charge is 0.493 e. The molecule has 0 saturated heterocycles. The minimum Gasteiger partial charge on any atom is -0.493 e. The van der Waals surface area contributed by atoms with Gasteiger partial charge in [0.1, 0.15) is 18.2 Å². The summed E-state index contributed by atoms with van der Waals surface area (Å²) in [6.07, 6.45) is 0.562. The van der Waals surface area contributed by atoms with Crippen LogP contribution in [0, 0.1) is 11.6 Å². The van der Waals surface area contributed by atoms with Gasteiger partial charge >= 0.3 is 6.03 Å². The van der Waals surface area contributed by atoms with Gasteiger partial charge in [-0.15, -0.1) is 11.3 Å². The van der Waals surface area contributed by atoms with Crippen LogP contribution in [-0.2, 0) is 17.8 Å². The van der Waals surface area contributed by atoms with E-state index in [1.165, 1.54) is 4.90 Å². The molecule has 0 radical (unpaired) electrons. The molecular formula is C27H31F2N3O4S. The average Bonchev–Trinajstić information content (AvgIpc) is 3.39. The SMILES string of the molecule is COc1ccc(CCN(Cc2cccs2)C(=O)CN(C(=O)Nc2ccc(F)cc2F)C(C)C)cc1OC. The van der Waals surface area contributed by atoms with Crippen molar-refractivity contribution in [1.82, 2.24) is 9.80 Å². The number of hydrogen-bond acceptors (Lipinski definition) is 5. The Labute approximate surface area is 219 Å². The molecule has 0 bridgehead atoms. The molecule has 0 spiro atoms. The van der Waals surface area contributed by atoms with Gasteiger partial charge in [0.25, 0.3) is 0 Å². The summed E-state index contributed by atoms with van der Waals surface area (Å²) in [5.74, 6) is -0.666. The van der Waals surface area contributed by atoms with Crippen LogP contribution in [0.25, 0.3) is 0 Å². The van der Waals surface area contributed by atoms with Crippen LogP contribution < -0.4 is 14.8 Å². The van der Waals surface area contributed by atoms with Crippen LogP contribution >= 0.6 is 11.3 Å². The molecule has 3 amide bonds. The number of nitrogens with one attached hydrogen (secondary N) is 1. The molecule has 37 heavy (non-hydrogen) atoms. The zero-order valence-electron chi connectivity index (χ0n) is 21.3. The number of anilines is 1. The van der Waals surface area contributed by atoms with Crippen molar-refractivity contribution < 1.29 is 27.8 Å². The van der Waals surface area contributed by atoms with Crippen molar-refractivity contribution in [2.45, 2.75) is 32.9 Å². The maximum Gasteiger partial charge on any atom is 0.322 e. The highest BCUT2D eigenvalue weighted by molar-refractivity contribution is 7.09. The molecule has 0 aliphatic carbocycles. The Hall–Kier alpha value is -3.66. The number of carbonyl (C=O) groups excluding carboxylic acids is 2. The fraction of sp³-hybridized carbons (Fsp3) is 0.333. The molecule has 1 heterocycles. The Morgan fingerprint density at radius 1 is 1.03 bits per heavy atom. The van der Waals surface area contributed by atoms with E-state index in [-0.39, 0.29) is 24.2 Å². The molecule has 0 unspecified atom stereocenters. The molecule has 0 aliphatic rings. The van der Waals surface area contributed by atoms with Crippen LogP contribution in [0.1, 0.15) is 24.3 Å². The van der Waals surface area contributed by atoms with Crippen molar-refractivity contribution in [1.29, 1.82) is 0 Å². The fourth-order valence-electron chi connectivity index (χ4n) is 3.70. The van der Waals surface area contributed by atoms with Gasteiger partial charge in [-0.2, -0.15) is 0 Å². The van der Waals surface area contributed by atoms with E-state index in [9.17, 15) is 18.4 Å². The summed E-state index contributed by atoms with van der Waals surface area (Å²) in [5, 5.41) is 4.38. The van der Waals surface area contributed by atoms with Crippen molar-refractivity contribution >= 4 is 29.0 Å². The number of methoxy groups -OCH3 is 2. The van der Waals surface area contributed by atoms with Crippen LogP contribution in [0.5, 0.6) is 11.5 Å². The maximum atomic E-state index is 14.1. The Bertz CT molecular complexity index is 1200. The van der Waals surface area contributed by atoms with E-state index in [2.05, 4.69) is 5.32 Å². The Balaban J connectivity index is 1.74. The second-order valence-electron chi connectivity index (χ2n) is 8.61. The summed E-state index contributed by atoms with van der Waals surface area (Å²) < 4.78 is 38.0. The van der Waals surface area contributed by atoms with Gasteiger partial charge in [0.05, 0.1) is 26.5 Å². The van der Waals surface area contributed by atoms with Crippen LogP contribution in [0.2, 0.25) is 0 Å². The standard InChI is InChI=1S/C27H31F2N3O4S/c1-18(2)32(27(34)30-23-9-8-20(28)15-22(23)29)17-26(33)31(16-21-6-5-13-37-21)12-11-19-7-10-24(35-3)25(14-19)36-4/h5-10,13-15,18H,11-12,16-17H2,1-4H3,(H,30,34). The minimum atomic E-state index is -0.891. The lowest BCUT2D eigenvalue weighted by Crippen LogP contribution is -2.47. The van der Waals surface area contributed by atoms with E-state index in [0.29, 0.717) is 37.1 Å². The lowest BCUT2D eigenvalue weighted by molar-refractivity contribution is -0.132. The van der Waals surface area contributed by atoms with Crippen LogP contribution in [0.15, 0.2) is 53.9 Å². The quantitative estimate of drug-likeness (QED) is 0.352. The Morgan fingerprint density at radius 2 is 1.78 bits per heavy atom. The van der Waals surface area contributed by atoms with E-state index in [4.69, 9.17) is 9.47 Å². The van der Waals surface area contributed by atoms with Gasteiger partial charge in [0.15, 0.2) is 11.5 Å². The molecule has 3 rings (SSSR count). The van der Waals surface area contributed by atoms with Crippen molar-refractivity contribution in [3.05, 3.63) is 76.0 Å². The highest BCUT2D eigenvalue weighted by Gasteiger charge is 2.25. The summed E-state index contributed by atoms with van der Waals surface area (Å²) >= 11 is 1.54. The third-order valence-electron chi connectivity index (χ3n) is 5.76. The lowest BCUT2D eigenvalue weighted by Gasteiger charge is -2.30. The number of carbonyl (C=O) groups is 2. The van der Waals surface area contributed by atoms with Crippen molar-refractivity contribution in [3.8, 4) is 11.5 Å². The first kappa shape index (κ1) is 27.9. The Morgan fingerprint density at radius 3 is 2.41 bits per heavy atom. The van der Waals surface area contributed by atoms with Crippen molar-refractivity contribution in [2.24, 2.45) is 0 Å². The van der Waals surface area contributed by atoms with E-state index >= 15 is 0 Å². The third-order valence-corrected chi connectivity index (χ3v) is 6.62. The molecule has 1 aromatic heterocycles. The predicted octanol–water partition coefficient (Wildman–Crippen LogP) is 5.56. The number of urea groups is 1. The maximum absolute atomic E-state index is 14.1. The number of benzene rings is 2. The molecule has 1 N–H and O–H groups in total. The first-order valence-electron chi connectivity index (χ1n) is 11.8. The van der Waals surface area contributed by atoms with Gasteiger partial charge in [0.2, 0.25) is 5.91 Å². The van der Waals surface area contributed by atoms with Gasteiger partial charge in [-0.25, -0.2) is 13.6 Å². The molecule has 7 nitrogen and oxygen atoms in total. The molecule has 10 heteroatoms. The fourth-order valence-corrected chi connectivity index (χ4v) is 4.41. The van der Waals surface area contributed by atoms with E-state index < -0.39 is 17.7 Å². The molecule has 0 atom stereocenters. The average molecular weight is 532 g/mol. The lowest BCUT2D eigenvalue weighted by atomic mass is 10.1. The van der Waals surface area contributed by atoms with E-state index in [1.54, 1.807) is 44.3 Å². The summed E-state index contributed by atoms with van der Waals surface area (Å²) in [5.41, 5.74) is 0.806. The normalized spacial score (nSPS) is 10.8. The van der Waals surface area contributed by atoms with E-state index in [1.807, 2.05) is 35.7 Å². The molecule has 2 aromatic carbocycles. The molecule has 0 fully saturated rings. The molecule has 0 saturated carbocycles. The predicted molar refractivity (Wildman–Crippen MR) is 140 cm³/mol. The van der Waals surface area contributed by atoms with Crippen LogP contribution in [-0.4, -0.2) is 55.1 Å². The van der Waals surface area contributed by atoms with Crippen molar-refractivity contribution in [2.75, 3.05) is 32.6 Å². The van der Waals surface area contributed by atoms with Gasteiger partial charge in [0, 0.05) is 23.5 Å².